The molecule has 0 aliphatic rings. The number of nitrogen functional groups attached to an aromatic ring is 1. The monoisotopic (exact) mass is 281 g/mol. The molecule has 0 fully saturated rings. The summed E-state index contributed by atoms with van der Waals surface area (Å²) in [7, 11) is 0. The first-order valence-electron chi connectivity index (χ1n) is 6.63. The van der Waals surface area contributed by atoms with E-state index in [-0.39, 0.29) is 0 Å². The fourth-order valence-corrected chi connectivity index (χ4v) is 1.89. The summed E-state index contributed by atoms with van der Waals surface area (Å²) >= 11 is 0. The highest BCUT2D eigenvalue weighted by Gasteiger charge is 2.05. The molecule has 6 nitrogen and oxygen atoms in total. The Morgan fingerprint density at radius 1 is 1.00 bits per heavy atom. The Balaban J connectivity index is 1.60. The number of benzene rings is 2. The van der Waals surface area contributed by atoms with E-state index in [1.807, 2.05) is 48.5 Å². The Labute approximate surface area is 122 Å². The standard InChI is InChI=1S/C15H15N5O/c16-13-8-4-5-9-14(13)21-11-10-20-18-15(17-19-20)12-6-2-1-3-7-12/h1-9H,10-11,16H2. The third-order valence-corrected chi connectivity index (χ3v) is 2.95. The second kappa shape index (κ2) is 6.04. The maximum absolute atomic E-state index is 5.80. The van der Waals surface area contributed by atoms with Gasteiger partial charge in [0.15, 0.2) is 0 Å². The van der Waals surface area contributed by atoms with Gasteiger partial charge in [-0.1, -0.05) is 42.5 Å². The Morgan fingerprint density at radius 2 is 1.76 bits per heavy atom. The lowest BCUT2D eigenvalue weighted by atomic mass is 10.2. The molecule has 0 unspecified atom stereocenters. The Bertz CT molecular complexity index is 711. The molecule has 2 N–H and O–H groups in total. The van der Waals surface area contributed by atoms with Gasteiger partial charge in [-0.25, -0.2) is 0 Å². The largest absolute Gasteiger partial charge is 0.489 e. The first-order valence-corrected chi connectivity index (χ1v) is 6.63. The summed E-state index contributed by atoms with van der Waals surface area (Å²) in [6.07, 6.45) is 0. The van der Waals surface area contributed by atoms with Gasteiger partial charge in [0, 0.05) is 5.56 Å². The molecule has 0 saturated heterocycles. The summed E-state index contributed by atoms with van der Waals surface area (Å²) < 4.78 is 5.60. The van der Waals surface area contributed by atoms with Crippen molar-refractivity contribution in [3.05, 3.63) is 54.6 Å². The van der Waals surface area contributed by atoms with Crippen LogP contribution in [0.1, 0.15) is 0 Å². The summed E-state index contributed by atoms with van der Waals surface area (Å²) in [5.74, 6) is 1.27. The quantitative estimate of drug-likeness (QED) is 0.724. The summed E-state index contributed by atoms with van der Waals surface area (Å²) in [6.45, 7) is 0.937. The minimum atomic E-state index is 0.429. The highest BCUT2D eigenvalue weighted by molar-refractivity contribution is 5.53. The van der Waals surface area contributed by atoms with Crippen LogP contribution in [0.2, 0.25) is 0 Å². The van der Waals surface area contributed by atoms with Crippen molar-refractivity contribution >= 4 is 5.69 Å². The maximum atomic E-state index is 5.80. The number of hydrogen-bond acceptors (Lipinski definition) is 5. The molecule has 0 radical (unpaired) electrons. The molecule has 0 aliphatic carbocycles. The van der Waals surface area contributed by atoms with Crippen LogP contribution in [-0.4, -0.2) is 26.8 Å². The van der Waals surface area contributed by atoms with E-state index in [9.17, 15) is 0 Å². The average molecular weight is 281 g/mol. The van der Waals surface area contributed by atoms with Gasteiger partial charge in [-0.15, -0.1) is 10.2 Å². The zero-order chi connectivity index (χ0) is 14.5. The van der Waals surface area contributed by atoms with Gasteiger partial charge in [-0.05, 0) is 17.3 Å². The lowest BCUT2D eigenvalue weighted by molar-refractivity contribution is 0.281. The summed E-state index contributed by atoms with van der Waals surface area (Å²) in [5.41, 5.74) is 7.37. The normalized spacial score (nSPS) is 10.5. The number of para-hydroxylation sites is 2. The van der Waals surface area contributed by atoms with Crippen LogP contribution in [-0.2, 0) is 6.54 Å². The second-order valence-corrected chi connectivity index (χ2v) is 4.46. The molecule has 0 aliphatic heterocycles. The summed E-state index contributed by atoms with van der Waals surface area (Å²) in [4.78, 5) is 1.52. The van der Waals surface area contributed by atoms with Crippen LogP contribution in [0, 0.1) is 0 Å². The number of aromatic nitrogens is 4. The summed E-state index contributed by atoms with van der Waals surface area (Å²) in [5, 5.41) is 12.4. The van der Waals surface area contributed by atoms with Crippen molar-refractivity contribution in [3.8, 4) is 17.1 Å². The molecule has 1 aromatic heterocycles. The van der Waals surface area contributed by atoms with Crippen molar-refractivity contribution in [2.45, 2.75) is 6.54 Å². The number of nitrogens with zero attached hydrogens (tertiary/aromatic N) is 4. The highest BCUT2D eigenvalue weighted by Crippen LogP contribution is 2.19. The van der Waals surface area contributed by atoms with Crippen LogP contribution in [0.4, 0.5) is 5.69 Å². The van der Waals surface area contributed by atoms with Crippen molar-refractivity contribution in [1.29, 1.82) is 0 Å². The van der Waals surface area contributed by atoms with Gasteiger partial charge in [0.2, 0.25) is 5.82 Å². The molecule has 0 saturated carbocycles. The molecule has 106 valence electrons. The predicted molar refractivity (Wildman–Crippen MR) is 79.6 cm³/mol. The van der Waals surface area contributed by atoms with E-state index in [1.165, 1.54) is 4.80 Å². The van der Waals surface area contributed by atoms with Gasteiger partial charge >= 0.3 is 0 Å². The fourth-order valence-electron chi connectivity index (χ4n) is 1.89. The van der Waals surface area contributed by atoms with E-state index >= 15 is 0 Å². The molecule has 0 atom stereocenters. The van der Waals surface area contributed by atoms with Gasteiger partial charge in [0.25, 0.3) is 0 Å². The van der Waals surface area contributed by atoms with Crippen LogP contribution in [0.15, 0.2) is 54.6 Å². The number of nitrogens with two attached hydrogens (primary N) is 1. The van der Waals surface area contributed by atoms with E-state index < -0.39 is 0 Å². The molecular weight excluding hydrogens is 266 g/mol. The van der Waals surface area contributed by atoms with Crippen LogP contribution in [0.5, 0.6) is 5.75 Å². The topological polar surface area (TPSA) is 78.9 Å². The first kappa shape index (κ1) is 13.1. The zero-order valence-electron chi connectivity index (χ0n) is 11.4. The van der Waals surface area contributed by atoms with Crippen molar-refractivity contribution in [2.75, 3.05) is 12.3 Å². The zero-order valence-corrected chi connectivity index (χ0v) is 11.4. The second-order valence-electron chi connectivity index (χ2n) is 4.46. The SMILES string of the molecule is Nc1ccccc1OCCn1nnc(-c2ccccc2)n1. The number of tetrazole rings is 1. The number of rotatable bonds is 5. The van der Waals surface area contributed by atoms with Gasteiger partial charge in [0.1, 0.15) is 12.4 Å². The van der Waals surface area contributed by atoms with Crippen LogP contribution in [0.3, 0.4) is 0 Å². The number of ether oxygens (including phenoxy) is 1. The van der Waals surface area contributed by atoms with Gasteiger partial charge in [-0.2, -0.15) is 4.80 Å². The highest BCUT2D eigenvalue weighted by atomic mass is 16.5. The van der Waals surface area contributed by atoms with Crippen LogP contribution in [0.25, 0.3) is 11.4 Å². The molecule has 6 heteroatoms. The van der Waals surface area contributed by atoms with E-state index in [4.69, 9.17) is 10.5 Å². The maximum Gasteiger partial charge on any atom is 0.204 e. The van der Waals surface area contributed by atoms with Gasteiger partial charge in [0.05, 0.1) is 12.2 Å². The van der Waals surface area contributed by atoms with Crippen molar-refractivity contribution in [1.82, 2.24) is 20.2 Å². The lowest BCUT2D eigenvalue weighted by Gasteiger charge is -2.07. The van der Waals surface area contributed by atoms with Crippen LogP contribution >= 0.6 is 0 Å². The van der Waals surface area contributed by atoms with Crippen molar-refractivity contribution < 1.29 is 4.74 Å². The van der Waals surface area contributed by atoms with Gasteiger partial charge < -0.3 is 10.5 Å². The molecule has 0 bridgehead atoms. The van der Waals surface area contributed by atoms with E-state index in [0.29, 0.717) is 30.4 Å². The smallest absolute Gasteiger partial charge is 0.204 e. The number of hydrogen-bond donors (Lipinski definition) is 1. The van der Waals surface area contributed by atoms with E-state index in [0.717, 1.165) is 5.56 Å². The Morgan fingerprint density at radius 3 is 2.57 bits per heavy atom. The molecule has 1 heterocycles. The third-order valence-electron chi connectivity index (χ3n) is 2.95. The third kappa shape index (κ3) is 3.17. The molecule has 0 spiro atoms. The average Bonchev–Trinajstić information content (AvgIpc) is 2.99. The molecule has 21 heavy (non-hydrogen) atoms. The minimum absolute atomic E-state index is 0.429. The number of anilines is 1. The predicted octanol–water partition coefficient (Wildman–Crippen LogP) is 2.00. The van der Waals surface area contributed by atoms with E-state index in [1.54, 1.807) is 6.07 Å². The first-order chi connectivity index (χ1) is 10.3. The molecule has 3 aromatic rings. The van der Waals surface area contributed by atoms with Crippen molar-refractivity contribution in [3.63, 3.8) is 0 Å². The summed E-state index contributed by atoms with van der Waals surface area (Å²) in [6, 6.07) is 17.1. The minimum Gasteiger partial charge on any atom is -0.489 e. The lowest BCUT2D eigenvalue weighted by Crippen LogP contribution is -2.11. The molecule has 0 amide bonds. The Kier molecular flexibility index (Phi) is 3.77. The van der Waals surface area contributed by atoms with E-state index in [2.05, 4.69) is 15.4 Å². The Hall–Kier alpha value is -2.89. The molecule has 3 rings (SSSR count). The van der Waals surface area contributed by atoms with Crippen molar-refractivity contribution in [2.24, 2.45) is 0 Å². The fraction of sp³-hybridized carbons (Fsp3) is 0.133. The molecular formula is C15H15N5O. The van der Waals surface area contributed by atoms with Crippen LogP contribution < -0.4 is 10.5 Å². The van der Waals surface area contributed by atoms with Gasteiger partial charge in [-0.3, -0.25) is 0 Å². The molecule has 2 aromatic carbocycles.